The SMILES string of the molecule is CC1(C)CC1CNC(=O)N1c2ccccc2C[C@H]1C(=O)O. The van der Waals surface area contributed by atoms with E-state index in [0.29, 0.717) is 30.0 Å². The summed E-state index contributed by atoms with van der Waals surface area (Å²) in [5, 5.41) is 12.2. The Balaban J connectivity index is 1.74. The van der Waals surface area contributed by atoms with Gasteiger partial charge < -0.3 is 10.4 Å². The second kappa shape index (κ2) is 4.76. The molecule has 1 aromatic rings. The highest BCUT2D eigenvalue weighted by Crippen LogP contribution is 2.51. The molecular weight excluding hydrogens is 268 g/mol. The molecule has 0 bridgehead atoms. The molecule has 0 saturated heterocycles. The van der Waals surface area contributed by atoms with E-state index in [0.717, 1.165) is 12.0 Å². The molecule has 1 fully saturated rings. The van der Waals surface area contributed by atoms with Gasteiger partial charge >= 0.3 is 12.0 Å². The Morgan fingerprint density at radius 1 is 1.38 bits per heavy atom. The van der Waals surface area contributed by atoms with E-state index >= 15 is 0 Å². The molecule has 1 unspecified atom stereocenters. The second-order valence-electron chi connectivity index (χ2n) is 6.63. The van der Waals surface area contributed by atoms with Crippen molar-refractivity contribution in [3.63, 3.8) is 0 Å². The van der Waals surface area contributed by atoms with Gasteiger partial charge in [-0.25, -0.2) is 9.59 Å². The van der Waals surface area contributed by atoms with Crippen molar-refractivity contribution in [2.75, 3.05) is 11.4 Å². The van der Waals surface area contributed by atoms with Crippen LogP contribution >= 0.6 is 0 Å². The number of carbonyl (C=O) groups excluding carboxylic acids is 1. The van der Waals surface area contributed by atoms with Gasteiger partial charge in [-0.05, 0) is 29.4 Å². The number of benzene rings is 1. The van der Waals surface area contributed by atoms with Crippen LogP contribution in [-0.2, 0) is 11.2 Å². The Hall–Kier alpha value is -2.04. The lowest BCUT2D eigenvalue weighted by atomic mass is 10.1. The lowest BCUT2D eigenvalue weighted by Crippen LogP contribution is -2.48. The first-order chi connectivity index (χ1) is 9.90. The van der Waals surface area contributed by atoms with E-state index in [9.17, 15) is 14.7 Å². The Bertz CT molecular complexity index is 597. The van der Waals surface area contributed by atoms with E-state index in [1.165, 1.54) is 4.90 Å². The molecule has 3 rings (SSSR count). The molecule has 5 nitrogen and oxygen atoms in total. The zero-order chi connectivity index (χ0) is 15.2. The van der Waals surface area contributed by atoms with Gasteiger partial charge in [-0.2, -0.15) is 0 Å². The summed E-state index contributed by atoms with van der Waals surface area (Å²) in [7, 11) is 0. The van der Waals surface area contributed by atoms with Gasteiger partial charge in [0.2, 0.25) is 0 Å². The number of amides is 2. The van der Waals surface area contributed by atoms with Crippen LogP contribution in [0.2, 0.25) is 0 Å². The Morgan fingerprint density at radius 2 is 2.05 bits per heavy atom. The molecule has 0 spiro atoms. The lowest BCUT2D eigenvalue weighted by Gasteiger charge is -2.23. The maximum atomic E-state index is 12.4. The highest BCUT2D eigenvalue weighted by atomic mass is 16.4. The predicted molar refractivity (Wildman–Crippen MR) is 79.3 cm³/mol. The number of aliphatic carboxylic acids is 1. The number of para-hydroxylation sites is 1. The quantitative estimate of drug-likeness (QED) is 0.896. The third kappa shape index (κ3) is 2.48. The van der Waals surface area contributed by atoms with Crippen LogP contribution in [0.1, 0.15) is 25.8 Å². The Labute approximate surface area is 123 Å². The maximum Gasteiger partial charge on any atom is 0.327 e. The predicted octanol–water partition coefficient (Wildman–Crippen LogP) is 2.26. The number of urea groups is 1. The minimum atomic E-state index is -0.965. The first-order valence-corrected chi connectivity index (χ1v) is 7.28. The Morgan fingerprint density at radius 3 is 2.67 bits per heavy atom. The first kappa shape index (κ1) is 13.9. The van der Waals surface area contributed by atoms with Crippen molar-refractivity contribution in [3.05, 3.63) is 29.8 Å². The lowest BCUT2D eigenvalue weighted by molar-refractivity contribution is -0.138. The van der Waals surface area contributed by atoms with Crippen molar-refractivity contribution in [2.45, 2.75) is 32.7 Å². The number of nitrogens with one attached hydrogen (secondary N) is 1. The van der Waals surface area contributed by atoms with Gasteiger partial charge in [0.1, 0.15) is 6.04 Å². The molecule has 2 N–H and O–H groups in total. The van der Waals surface area contributed by atoms with Crippen molar-refractivity contribution >= 4 is 17.7 Å². The molecule has 1 heterocycles. The topological polar surface area (TPSA) is 69.6 Å². The van der Waals surface area contributed by atoms with Gasteiger partial charge in [0.25, 0.3) is 0 Å². The van der Waals surface area contributed by atoms with Crippen molar-refractivity contribution < 1.29 is 14.7 Å². The van der Waals surface area contributed by atoms with Crippen LogP contribution < -0.4 is 10.2 Å². The molecule has 112 valence electrons. The van der Waals surface area contributed by atoms with Gasteiger partial charge in [-0.3, -0.25) is 4.90 Å². The third-order valence-corrected chi connectivity index (χ3v) is 4.70. The van der Waals surface area contributed by atoms with Gasteiger partial charge in [0.15, 0.2) is 0 Å². The van der Waals surface area contributed by atoms with Gasteiger partial charge in [0.05, 0.1) is 0 Å². The summed E-state index contributed by atoms with van der Waals surface area (Å²) in [6.45, 7) is 4.96. The van der Waals surface area contributed by atoms with E-state index in [1.807, 2.05) is 18.2 Å². The number of anilines is 1. The molecule has 21 heavy (non-hydrogen) atoms. The van der Waals surface area contributed by atoms with Crippen LogP contribution in [0.3, 0.4) is 0 Å². The summed E-state index contributed by atoms with van der Waals surface area (Å²) in [4.78, 5) is 25.2. The molecule has 1 saturated carbocycles. The van der Waals surface area contributed by atoms with Crippen molar-refractivity contribution in [2.24, 2.45) is 11.3 Å². The molecule has 1 aromatic carbocycles. The fourth-order valence-electron chi connectivity index (χ4n) is 3.05. The van der Waals surface area contributed by atoms with Crippen molar-refractivity contribution in [1.82, 2.24) is 5.32 Å². The number of hydrogen-bond donors (Lipinski definition) is 2. The Kier molecular flexibility index (Phi) is 3.15. The third-order valence-electron chi connectivity index (χ3n) is 4.70. The molecular formula is C16H20N2O3. The first-order valence-electron chi connectivity index (χ1n) is 7.28. The number of fused-ring (bicyclic) bond motifs is 1. The summed E-state index contributed by atoms with van der Waals surface area (Å²) in [6, 6.07) is 6.25. The van der Waals surface area contributed by atoms with Crippen LogP contribution in [0.15, 0.2) is 24.3 Å². The highest BCUT2D eigenvalue weighted by molar-refractivity contribution is 6.01. The number of rotatable bonds is 3. The molecule has 5 heteroatoms. The summed E-state index contributed by atoms with van der Waals surface area (Å²) >= 11 is 0. The number of carboxylic acids is 1. The fraction of sp³-hybridized carbons (Fsp3) is 0.500. The molecule has 1 aliphatic heterocycles. The van der Waals surface area contributed by atoms with Crippen LogP contribution in [0, 0.1) is 11.3 Å². The number of hydrogen-bond acceptors (Lipinski definition) is 2. The number of carbonyl (C=O) groups is 2. The monoisotopic (exact) mass is 288 g/mol. The molecule has 2 amide bonds. The molecule has 1 aliphatic carbocycles. The van der Waals surface area contributed by atoms with Crippen LogP contribution in [-0.4, -0.2) is 29.7 Å². The molecule has 2 aliphatic rings. The van der Waals surface area contributed by atoms with Gasteiger partial charge in [-0.15, -0.1) is 0 Å². The van der Waals surface area contributed by atoms with E-state index in [-0.39, 0.29) is 6.03 Å². The van der Waals surface area contributed by atoms with Crippen molar-refractivity contribution in [1.29, 1.82) is 0 Å². The largest absolute Gasteiger partial charge is 0.480 e. The van der Waals surface area contributed by atoms with E-state index in [2.05, 4.69) is 19.2 Å². The minimum Gasteiger partial charge on any atom is -0.480 e. The normalized spacial score (nSPS) is 25.3. The maximum absolute atomic E-state index is 12.4. The number of nitrogens with zero attached hydrogens (tertiary/aromatic N) is 1. The van der Waals surface area contributed by atoms with E-state index < -0.39 is 12.0 Å². The number of carboxylic acid groups (broad SMARTS) is 1. The van der Waals surface area contributed by atoms with Crippen LogP contribution in [0.25, 0.3) is 0 Å². The smallest absolute Gasteiger partial charge is 0.327 e. The standard InChI is InChI=1S/C16H20N2O3/c1-16(2)8-11(16)9-17-15(21)18-12-6-4-3-5-10(12)7-13(18)14(19)20/h3-6,11,13H,7-9H2,1-2H3,(H,17,21)(H,19,20)/t11?,13-/m0/s1. The van der Waals surface area contributed by atoms with E-state index in [4.69, 9.17) is 0 Å². The average molecular weight is 288 g/mol. The average Bonchev–Trinajstić information content (AvgIpc) is 2.87. The second-order valence-corrected chi connectivity index (χ2v) is 6.63. The summed E-state index contributed by atoms with van der Waals surface area (Å²) in [5.74, 6) is -0.476. The molecule has 2 atom stereocenters. The summed E-state index contributed by atoms with van der Waals surface area (Å²) < 4.78 is 0. The van der Waals surface area contributed by atoms with Gasteiger partial charge in [-0.1, -0.05) is 32.0 Å². The summed E-state index contributed by atoms with van der Waals surface area (Å²) in [6.07, 6.45) is 1.47. The minimum absolute atomic E-state index is 0.294. The van der Waals surface area contributed by atoms with Crippen molar-refractivity contribution in [3.8, 4) is 0 Å². The molecule has 0 radical (unpaired) electrons. The van der Waals surface area contributed by atoms with Gasteiger partial charge in [0, 0.05) is 18.7 Å². The zero-order valence-corrected chi connectivity index (χ0v) is 12.3. The summed E-state index contributed by atoms with van der Waals surface area (Å²) in [5.41, 5.74) is 1.91. The van der Waals surface area contributed by atoms with Crippen LogP contribution in [0.5, 0.6) is 0 Å². The van der Waals surface area contributed by atoms with E-state index in [1.54, 1.807) is 6.07 Å². The highest BCUT2D eigenvalue weighted by Gasteiger charge is 2.46. The zero-order valence-electron chi connectivity index (χ0n) is 12.3. The fourth-order valence-corrected chi connectivity index (χ4v) is 3.05. The van der Waals surface area contributed by atoms with Crippen LogP contribution in [0.4, 0.5) is 10.5 Å². The molecule has 0 aromatic heterocycles.